The van der Waals surface area contributed by atoms with Crippen molar-refractivity contribution in [3.05, 3.63) is 22.4 Å². The Hall–Kier alpha value is -1.11. The molecule has 118 valence electrons. The van der Waals surface area contributed by atoms with Gasteiger partial charge in [-0.25, -0.2) is 0 Å². The molecule has 0 radical (unpaired) electrons. The van der Waals surface area contributed by atoms with Crippen molar-refractivity contribution >= 4 is 35.6 Å². The molecule has 0 aromatic carbocycles. The molecule has 0 aliphatic carbocycles. The number of piperidine rings is 1. The number of carbonyl (C=O) groups excluding carboxylic acids is 2. The van der Waals surface area contributed by atoms with Crippen LogP contribution in [0.3, 0.4) is 0 Å². The predicted octanol–water partition coefficient (Wildman–Crippen LogP) is 1.54. The van der Waals surface area contributed by atoms with Gasteiger partial charge in [0.25, 0.3) is 5.91 Å². The van der Waals surface area contributed by atoms with Crippen LogP contribution in [0.1, 0.15) is 36.4 Å². The van der Waals surface area contributed by atoms with E-state index in [1.165, 1.54) is 11.3 Å². The van der Waals surface area contributed by atoms with E-state index in [4.69, 9.17) is 0 Å². The van der Waals surface area contributed by atoms with Crippen LogP contribution < -0.4 is 16.0 Å². The summed E-state index contributed by atoms with van der Waals surface area (Å²) in [6.07, 6.45) is 2.04. The van der Waals surface area contributed by atoms with Crippen molar-refractivity contribution in [2.24, 2.45) is 0 Å². The summed E-state index contributed by atoms with van der Waals surface area (Å²) < 4.78 is 0. The standard InChI is InChI=1S/C14H21N3O2S.ClH/c1-9-11(5-3-7-15-9)17-13(18)10(2)16-14(19)12-6-4-8-20-12;/h4,6,8-11,15H,3,5,7H2,1-2H3,(H,16,19)(H,17,18);1H. The lowest BCUT2D eigenvalue weighted by atomic mass is 9.99. The van der Waals surface area contributed by atoms with Gasteiger partial charge in [-0.05, 0) is 44.7 Å². The summed E-state index contributed by atoms with van der Waals surface area (Å²) in [6, 6.07) is 3.45. The van der Waals surface area contributed by atoms with Crippen LogP contribution >= 0.6 is 23.7 Å². The topological polar surface area (TPSA) is 70.2 Å². The van der Waals surface area contributed by atoms with E-state index in [2.05, 4.69) is 22.9 Å². The van der Waals surface area contributed by atoms with Crippen molar-refractivity contribution in [2.45, 2.75) is 44.8 Å². The first-order valence-corrected chi connectivity index (χ1v) is 7.84. The second-order valence-electron chi connectivity index (χ2n) is 5.17. The Balaban J connectivity index is 0.00000220. The maximum Gasteiger partial charge on any atom is 0.261 e. The summed E-state index contributed by atoms with van der Waals surface area (Å²) in [6.45, 7) is 4.78. The molecule has 1 aromatic rings. The molecule has 3 N–H and O–H groups in total. The lowest BCUT2D eigenvalue weighted by Crippen LogP contribution is -2.55. The highest BCUT2D eigenvalue weighted by molar-refractivity contribution is 7.12. The molecule has 2 amide bonds. The van der Waals surface area contributed by atoms with Gasteiger partial charge in [0.05, 0.1) is 4.88 Å². The first-order valence-electron chi connectivity index (χ1n) is 6.96. The SMILES string of the molecule is CC(NC(=O)c1cccs1)C(=O)NC1CCCNC1C.Cl. The molecule has 0 spiro atoms. The normalized spacial score (nSPS) is 22.8. The second-order valence-corrected chi connectivity index (χ2v) is 6.12. The van der Waals surface area contributed by atoms with E-state index in [0.29, 0.717) is 4.88 Å². The average molecular weight is 332 g/mol. The Bertz CT molecular complexity index is 467. The van der Waals surface area contributed by atoms with Gasteiger partial charge in [0, 0.05) is 12.1 Å². The van der Waals surface area contributed by atoms with Gasteiger partial charge >= 0.3 is 0 Å². The van der Waals surface area contributed by atoms with Crippen LogP contribution in [-0.2, 0) is 4.79 Å². The van der Waals surface area contributed by atoms with E-state index in [1.807, 2.05) is 11.4 Å². The molecule has 0 saturated carbocycles. The maximum absolute atomic E-state index is 12.1. The molecule has 2 heterocycles. The van der Waals surface area contributed by atoms with E-state index >= 15 is 0 Å². The maximum atomic E-state index is 12.1. The number of nitrogens with one attached hydrogen (secondary N) is 3. The van der Waals surface area contributed by atoms with E-state index < -0.39 is 6.04 Å². The van der Waals surface area contributed by atoms with Crippen LogP contribution in [0.15, 0.2) is 17.5 Å². The Morgan fingerprint density at radius 1 is 1.48 bits per heavy atom. The van der Waals surface area contributed by atoms with Gasteiger partial charge in [0.2, 0.25) is 5.91 Å². The number of amides is 2. The van der Waals surface area contributed by atoms with E-state index in [1.54, 1.807) is 13.0 Å². The van der Waals surface area contributed by atoms with Gasteiger partial charge in [-0.2, -0.15) is 0 Å². The fourth-order valence-electron chi connectivity index (χ4n) is 2.29. The van der Waals surface area contributed by atoms with Gasteiger partial charge in [-0.15, -0.1) is 23.7 Å². The van der Waals surface area contributed by atoms with Gasteiger partial charge in [-0.1, -0.05) is 6.07 Å². The number of thiophene rings is 1. The average Bonchev–Trinajstić information content (AvgIpc) is 2.95. The fourth-order valence-corrected chi connectivity index (χ4v) is 2.92. The minimum Gasteiger partial charge on any atom is -0.350 e. The molecule has 5 nitrogen and oxygen atoms in total. The monoisotopic (exact) mass is 331 g/mol. The zero-order valence-electron chi connectivity index (χ0n) is 12.2. The Morgan fingerprint density at radius 2 is 2.24 bits per heavy atom. The Kier molecular flexibility index (Phi) is 7.14. The van der Waals surface area contributed by atoms with Crippen LogP contribution in [0.25, 0.3) is 0 Å². The van der Waals surface area contributed by atoms with E-state index in [9.17, 15) is 9.59 Å². The van der Waals surface area contributed by atoms with Crippen molar-refractivity contribution in [3.63, 3.8) is 0 Å². The molecule has 1 saturated heterocycles. The van der Waals surface area contributed by atoms with E-state index in [-0.39, 0.29) is 36.3 Å². The predicted molar refractivity (Wildman–Crippen MR) is 87.1 cm³/mol. The zero-order chi connectivity index (χ0) is 14.5. The van der Waals surface area contributed by atoms with Crippen LogP contribution in [0.4, 0.5) is 0 Å². The van der Waals surface area contributed by atoms with Crippen molar-refractivity contribution in [3.8, 4) is 0 Å². The molecule has 2 rings (SSSR count). The summed E-state index contributed by atoms with van der Waals surface area (Å²) in [7, 11) is 0. The molecule has 3 unspecified atom stereocenters. The second kappa shape index (κ2) is 8.36. The molecule has 21 heavy (non-hydrogen) atoms. The molecule has 1 aromatic heterocycles. The highest BCUT2D eigenvalue weighted by Crippen LogP contribution is 2.10. The number of hydrogen-bond donors (Lipinski definition) is 3. The first-order chi connectivity index (χ1) is 9.58. The summed E-state index contributed by atoms with van der Waals surface area (Å²) in [5.41, 5.74) is 0. The van der Waals surface area contributed by atoms with Crippen LogP contribution in [0.5, 0.6) is 0 Å². The first kappa shape index (κ1) is 17.9. The van der Waals surface area contributed by atoms with Crippen molar-refractivity contribution in [1.29, 1.82) is 0 Å². The largest absolute Gasteiger partial charge is 0.350 e. The highest BCUT2D eigenvalue weighted by Gasteiger charge is 2.25. The smallest absolute Gasteiger partial charge is 0.261 e. The third-order valence-corrected chi connectivity index (χ3v) is 4.44. The third kappa shape index (κ3) is 4.98. The number of halogens is 1. The lowest BCUT2D eigenvalue weighted by Gasteiger charge is -2.31. The fraction of sp³-hybridized carbons (Fsp3) is 0.571. The zero-order valence-corrected chi connectivity index (χ0v) is 13.9. The Morgan fingerprint density at radius 3 is 2.86 bits per heavy atom. The highest BCUT2D eigenvalue weighted by atomic mass is 35.5. The molecule has 7 heteroatoms. The van der Waals surface area contributed by atoms with Gasteiger partial charge in [0.1, 0.15) is 6.04 Å². The van der Waals surface area contributed by atoms with Crippen LogP contribution in [0.2, 0.25) is 0 Å². The summed E-state index contributed by atoms with van der Waals surface area (Å²) in [4.78, 5) is 24.6. The molecule has 1 aliphatic heterocycles. The number of carbonyl (C=O) groups is 2. The van der Waals surface area contributed by atoms with Crippen LogP contribution in [0, 0.1) is 0 Å². The quantitative estimate of drug-likeness (QED) is 0.784. The summed E-state index contributed by atoms with van der Waals surface area (Å²) in [5, 5.41) is 10.9. The number of rotatable bonds is 4. The van der Waals surface area contributed by atoms with Crippen molar-refractivity contribution in [2.75, 3.05) is 6.54 Å². The lowest BCUT2D eigenvalue weighted by molar-refractivity contribution is -0.123. The minimum atomic E-state index is -0.529. The number of hydrogen-bond acceptors (Lipinski definition) is 4. The minimum absolute atomic E-state index is 0. The third-order valence-electron chi connectivity index (χ3n) is 3.58. The van der Waals surface area contributed by atoms with Crippen molar-refractivity contribution in [1.82, 2.24) is 16.0 Å². The van der Waals surface area contributed by atoms with E-state index in [0.717, 1.165) is 19.4 Å². The molecule has 1 aliphatic rings. The molecule has 3 atom stereocenters. The Labute approximate surface area is 135 Å². The molecule has 1 fully saturated rings. The summed E-state index contributed by atoms with van der Waals surface area (Å²) in [5.74, 6) is -0.326. The van der Waals surface area contributed by atoms with Crippen molar-refractivity contribution < 1.29 is 9.59 Å². The van der Waals surface area contributed by atoms with Gasteiger partial charge < -0.3 is 16.0 Å². The van der Waals surface area contributed by atoms with Crippen LogP contribution in [-0.4, -0.2) is 36.5 Å². The molecular formula is C14H22ClN3O2S. The molecular weight excluding hydrogens is 310 g/mol. The van der Waals surface area contributed by atoms with Gasteiger partial charge in [-0.3, -0.25) is 9.59 Å². The summed E-state index contributed by atoms with van der Waals surface area (Å²) >= 11 is 1.37. The molecule has 0 bridgehead atoms. The van der Waals surface area contributed by atoms with Gasteiger partial charge in [0.15, 0.2) is 0 Å².